The third kappa shape index (κ3) is 3.14. The first-order valence-electron chi connectivity index (χ1n) is 6.01. The number of nitrogens with two attached hydrogens (primary N) is 1. The van der Waals surface area contributed by atoms with E-state index in [1.807, 2.05) is 11.0 Å². The molecule has 0 saturated heterocycles. The summed E-state index contributed by atoms with van der Waals surface area (Å²) < 4.78 is 10.7. The largest absolute Gasteiger partial charge is 0.423 e. The van der Waals surface area contributed by atoms with E-state index < -0.39 is 0 Å². The third-order valence-electron chi connectivity index (χ3n) is 2.73. The number of nitriles is 1. The minimum atomic E-state index is 0.407. The van der Waals surface area contributed by atoms with E-state index >= 15 is 0 Å². The van der Waals surface area contributed by atoms with Gasteiger partial charge in [0.05, 0.1) is 19.1 Å². The van der Waals surface area contributed by atoms with Crippen molar-refractivity contribution in [1.82, 2.24) is 4.98 Å². The van der Waals surface area contributed by atoms with Crippen molar-refractivity contribution < 1.29 is 9.15 Å². The zero-order valence-electron chi connectivity index (χ0n) is 10.8. The van der Waals surface area contributed by atoms with Crippen molar-refractivity contribution in [1.29, 1.82) is 5.26 Å². The average Bonchev–Trinajstić information content (AvgIpc) is 2.81. The normalized spacial score (nSPS) is 10.5. The Labute approximate surface area is 111 Å². The summed E-state index contributed by atoms with van der Waals surface area (Å²) in [5.74, 6) is 0. The van der Waals surface area contributed by atoms with Crippen LogP contribution < -0.4 is 10.6 Å². The Morgan fingerprint density at radius 3 is 3.05 bits per heavy atom. The monoisotopic (exact) mass is 260 g/mol. The molecule has 6 heteroatoms. The molecule has 0 atom stereocenters. The minimum Gasteiger partial charge on any atom is -0.423 e. The average molecular weight is 260 g/mol. The third-order valence-corrected chi connectivity index (χ3v) is 2.73. The number of nitrogens with zero attached hydrogens (tertiary/aromatic N) is 3. The van der Waals surface area contributed by atoms with E-state index in [0.717, 1.165) is 5.52 Å². The van der Waals surface area contributed by atoms with Crippen molar-refractivity contribution in [3.63, 3.8) is 0 Å². The fraction of sp³-hybridized carbons (Fsp3) is 0.385. The molecule has 1 heterocycles. The van der Waals surface area contributed by atoms with Gasteiger partial charge in [0.15, 0.2) is 5.58 Å². The predicted molar refractivity (Wildman–Crippen MR) is 72.7 cm³/mol. The second kappa shape index (κ2) is 6.07. The number of fused-ring (bicyclic) bond motifs is 1. The summed E-state index contributed by atoms with van der Waals surface area (Å²) in [6, 6.07) is 7.95. The maximum absolute atomic E-state index is 8.69. The van der Waals surface area contributed by atoms with Crippen LogP contribution in [0.2, 0.25) is 0 Å². The van der Waals surface area contributed by atoms with Gasteiger partial charge in [-0.2, -0.15) is 10.2 Å². The van der Waals surface area contributed by atoms with Crippen molar-refractivity contribution in [3.05, 3.63) is 18.2 Å². The highest BCUT2D eigenvalue weighted by atomic mass is 16.5. The van der Waals surface area contributed by atoms with E-state index in [9.17, 15) is 0 Å². The van der Waals surface area contributed by atoms with Crippen molar-refractivity contribution in [2.45, 2.75) is 6.42 Å². The number of benzene rings is 1. The molecule has 6 nitrogen and oxygen atoms in total. The van der Waals surface area contributed by atoms with Gasteiger partial charge in [-0.05, 0) is 12.1 Å². The molecule has 0 radical (unpaired) electrons. The molecular weight excluding hydrogens is 244 g/mol. The summed E-state index contributed by atoms with van der Waals surface area (Å²) in [5.41, 5.74) is 7.74. The van der Waals surface area contributed by atoms with Crippen LogP contribution in [0.5, 0.6) is 0 Å². The van der Waals surface area contributed by atoms with E-state index in [1.165, 1.54) is 0 Å². The van der Waals surface area contributed by atoms with Gasteiger partial charge in [0.2, 0.25) is 0 Å². The minimum absolute atomic E-state index is 0.407. The first kappa shape index (κ1) is 13.2. The number of hydrogen-bond donors (Lipinski definition) is 1. The highest BCUT2D eigenvalue weighted by Gasteiger charge is 2.13. The van der Waals surface area contributed by atoms with Crippen LogP contribution in [0.3, 0.4) is 0 Å². The molecule has 2 N–H and O–H groups in total. The van der Waals surface area contributed by atoms with Crippen molar-refractivity contribution in [2.75, 3.05) is 37.4 Å². The number of anilines is 2. The summed E-state index contributed by atoms with van der Waals surface area (Å²) >= 11 is 0. The number of nitrogen functional groups attached to an aromatic ring is 1. The number of aromatic nitrogens is 1. The van der Waals surface area contributed by atoms with Crippen LogP contribution in [0.4, 0.5) is 11.7 Å². The molecule has 1 aromatic heterocycles. The Morgan fingerprint density at radius 2 is 2.32 bits per heavy atom. The van der Waals surface area contributed by atoms with Crippen LogP contribution in [-0.2, 0) is 4.74 Å². The molecule has 0 aliphatic heterocycles. The number of hydrogen-bond acceptors (Lipinski definition) is 6. The lowest BCUT2D eigenvalue weighted by Gasteiger charge is -2.18. The van der Waals surface area contributed by atoms with Gasteiger partial charge in [-0.1, -0.05) is 0 Å². The zero-order valence-corrected chi connectivity index (χ0v) is 10.8. The van der Waals surface area contributed by atoms with Gasteiger partial charge in [0.1, 0.15) is 5.52 Å². The molecule has 1 aromatic carbocycles. The molecule has 19 heavy (non-hydrogen) atoms. The number of oxazole rings is 1. The van der Waals surface area contributed by atoms with E-state index in [-0.39, 0.29) is 0 Å². The Bertz CT molecular complexity index is 588. The molecule has 0 fully saturated rings. The standard InChI is InChI=1S/C13H16N4O2/c1-18-8-7-17(6-2-5-14)13-16-11-4-3-10(15)9-12(11)19-13/h3-4,9H,2,6-8,15H2,1H3. The van der Waals surface area contributed by atoms with Crippen LogP contribution in [0.25, 0.3) is 11.1 Å². The van der Waals surface area contributed by atoms with Gasteiger partial charge in [0.25, 0.3) is 6.01 Å². The maximum atomic E-state index is 8.69. The van der Waals surface area contributed by atoms with E-state index in [1.54, 1.807) is 19.2 Å². The molecule has 0 saturated carbocycles. The molecular formula is C13H16N4O2. The van der Waals surface area contributed by atoms with Gasteiger partial charge in [-0.25, -0.2) is 0 Å². The fourth-order valence-electron chi connectivity index (χ4n) is 1.75. The van der Waals surface area contributed by atoms with E-state index in [4.69, 9.17) is 20.1 Å². The van der Waals surface area contributed by atoms with Crippen LogP contribution >= 0.6 is 0 Å². The summed E-state index contributed by atoms with van der Waals surface area (Å²) in [6.45, 7) is 1.73. The van der Waals surface area contributed by atoms with Crippen LogP contribution in [-0.4, -0.2) is 31.8 Å². The van der Waals surface area contributed by atoms with Gasteiger partial charge in [0, 0.05) is 32.0 Å². The van der Waals surface area contributed by atoms with Gasteiger partial charge in [-0.3, -0.25) is 0 Å². The molecule has 0 unspecified atom stereocenters. The Kier molecular flexibility index (Phi) is 4.21. The van der Waals surface area contributed by atoms with Crippen molar-refractivity contribution in [3.8, 4) is 6.07 Å². The van der Waals surface area contributed by atoms with Crippen LogP contribution in [0.15, 0.2) is 22.6 Å². The zero-order chi connectivity index (χ0) is 13.7. The van der Waals surface area contributed by atoms with Gasteiger partial charge in [-0.15, -0.1) is 0 Å². The molecule has 0 aliphatic rings. The topological polar surface area (TPSA) is 88.3 Å². The smallest absolute Gasteiger partial charge is 0.298 e. The summed E-state index contributed by atoms with van der Waals surface area (Å²) in [5, 5.41) is 8.69. The lowest BCUT2D eigenvalue weighted by Crippen LogP contribution is -2.28. The lowest BCUT2D eigenvalue weighted by molar-refractivity contribution is 0.204. The second-order valence-electron chi connectivity index (χ2n) is 4.11. The molecule has 0 spiro atoms. The molecule has 0 bridgehead atoms. The Hall–Kier alpha value is -2.26. The number of ether oxygens (including phenoxy) is 1. The first-order valence-corrected chi connectivity index (χ1v) is 6.01. The summed E-state index contributed by atoms with van der Waals surface area (Å²) in [7, 11) is 1.63. The quantitative estimate of drug-likeness (QED) is 0.796. The fourth-order valence-corrected chi connectivity index (χ4v) is 1.75. The Morgan fingerprint density at radius 1 is 1.47 bits per heavy atom. The number of rotatable bonds is 6. The Balaban J connectivity index is 2.24. The first-order chi connectivity index (χ1) is 9.24. The van der Waals surface area contributed by atoms with Crippen molar-refractivity contribution >= 4 is 22.8 Å². The van der Waals surface area contributed by atoms with E-state index in [2.05, 4.69) is 11.1 Å². The van der Waals surface area contributed by atoms with Crippen molar-refractivity contribution in [2.24, 2.45) is 0 Å². The molecule has 2 aromatic rings. The highest BCUT2D eigenvalue weighted by molar-refractivity contribution is 5.78. The summed E-state index contributed by atoms with van der Waals surface area (Å²) in [6.07, 6.45) is 0.407. The number of methoxy groups -OCH3 is 1. The SMILES string of the molecule is COCCN(CCC#N)c1nc2ccc(N)cc2o1. The predicted octanol–water partition coefficient (Wildman–Crippen LogP) is 1.78. The molecule has 100 valence electrons. The maximum Gasteiger partial charge on any atom is 0.298 e. The highest BCUT2D eigenvalue weighted by Crippen LogP contribution is 2.23. The molecule has 0 amide bonds. The van der Waals surface area contributed by atoms with E-state index in [0.29, 0.717) is 43.4 Å². The molecule has 0 aliphatic carbocycles. The van der Waals surface area contributed by atoms with Gasteiger partial charge < -0.3 is 19.8 Å². The van der Waals surface area contributed by atoms with Gasteiger partial charge >= 0.3 is 0 Å². The molecule has 2 rings (SSSR count). The second-order valence-corrected chi connectivity index (χ2v) is 4.11. The van der Waals surface area contributed by atoms with Crippen LogP contribution in [0.1, 0.15) is 6.42 Å². The lowest BCUT2D eigenvalue weighted by atomic mass is 10.3. The van der Waals surface area contributed by atoms with Crippen LogP contribution in [0, 0.1) is 11.3 Å². The summed E-state index contributed by atoms with van der Waals surface area (Å²) in [4.78, 5) is 6.29.